The Hall–Kier alpha value is -3.28. The van der Waals surface area contributed by atoms with E-state index in [1.807, 2.05) is 24.3 Å². The highest BCUT2D eigenvalue weighted by Gasteiger charge is 2.64. The molecule has 1 amide bonds. The lowest BCUT2D eigenvalue weighted by molar-refractivity contribution is -0.164. The summed E-state index contributed by atoms with van der Waals surface area (Å²) in [6.07, 6.45) is 1.45. The van der Waals surface area contributed by atoms with Crippen LogP contribution in [-0.2, 0) is 0 Å². The van der Waals surface area contributed by atoms with Crippen LogP contribution in [-0.4, -0.2) is 73.5 Å². The Morgan fingerprint density at radius 2 is 1.69 bits per heavy atom. The second-order valence-corrected chi connectivity index (χ2v) is 12.4. The summed E-state index contributed by atoms with van der Waals surface area (Å²) in [5.41, 5.74) is 1.63. The lowest BCUT2D eigenvalue weighted by atomic mass is 9.49. The predicted molar refractivity (Wildman–Crippen MR) is 150 cm³/mol. The number of methoxy groups -OCH3 is 1. The number of nitrogens with one attached hydrogen (secondary N) is 1. The summed E-state index contributed by atoms with van der Waals surface area (Å²) in [5.74, 6) is 1.04. The molecule has 8 heteroatoms. The van der Waals surface area contributed by atoms with Crippen LogP contribution in [0.2, 0.25) is 0 Å². The van der Waals surface area contributed by atoms with E-state index in [0.29, 0.717) is 28.7 Å². The van der Waals surface area contributed by atoms with E-state index in [1.54, 1.807) is 18.2 Å². The van der Waals surface area contributed by atoms with Crippen molar-refractivity contribution in [1.29, 1.82) is 5.26 Å². The van der Waals surface area contributed by atoms with Crippen molar-refractivity contribution in [1.82, 2.24) is 10.2 Å². The number of aliphatic hydroxyl groups excluding tert-OH is 1. The van der Waals surface area contributed by atoms with E-state index in [-0.39, 0.29) is 35.0 Å². The highest BCUT2D eigenvalue weighted by atomic mass is 16.5. The maximum absolute atomic E-state index is 13.3. The van der Waals surface area contributed by atoms with Crippen LogP contribution in [0.1, 0.15) is 56.5 Å². The highest BCUT2D eigenvalue weighted by Crippen LogP contribution is 2.55. The molecule has 2 aromatic rings. The maximum atomic E-state index is 13.3. The summed E-state index contributed by atoms with van der Waals surface area (Å²) in [6, 6.07) is 15.7. The molecule has 3 aliphatic rings. The first-order valence-electron chi connectivity index (χ1n) is 13.9. The fraction of sp³-hybridized carbons (Fsp3) is 0.548. The summed E-state index contributed by atoms with van der Waals surface area (Å²) in [5, 5.41) is 22.3. The number of nitrogens with zero attached hydrogens (tertiary/aromatic N) is 3. The van der Waals surface area contributed by atoms with Crippen molar-refractivity contribution < 1.29 is 19.4 Å². The van der Waals surface area contributed by atoms with Gasteiger partial charge in [0, 0.05) is 66.4 Å². The van der Waals surface area contributed by atoms with Gasteiger partial charge in [-0.15, -0.1) is 0 Å². The molecule has 0 aromatic heterocycles. The Morgan fingerprint density at radius 1 is 1.05 bits per heavy atom. The molecule has 3 fully saturated rings. The van der Waals surface area contributed by atoms with Gasteiger partial charge in [-0.25, -0.2) is 0 Å². The molecule has 2 aliphatic heterocycles. The van der Waals surface area contributed by atoms with E-state index in [4.69, 9.17) is 9.47 Å². The van der Waals surface area contributed by atoms with Crippen LogP contribution in [0.25, 0.3) is 0 Å². The molecule has 0 spiro atoms. The molecule has 0 radical (unpaired) electrons. The van der Waals surface area contributed by atoms with Crippen molar-refractivity contribution >= 4 is 11.6 Å². The Kier molecular flexibility index (Phi) is 7.25. The number of carbonyl (C=O) groups is 1. The molecule has 0 atom stereocenters. The van der Waals surface area contributed by atoms with E-state index in [9.17, 15) is 15.2 Å². The van der Waals surface area contributed by atoms with Crippen LogP contribution in [0.5, 0.6) is 11.5 Å². The van der Waals surface area contributed by atoms with Crippen LogP contribution in [0.4, 0.5) is 5.69 Å². The number of benzene rings is 2. The number of aliphatic hydroxyl groups is 1. The molecule has 208 valence electrons. The van der Waals surface area contributed by atoms with Gasteiger partial charge in [0.25, 0.3) is 5.91 Å². The Bertz CT molecular complexity index is 1220. The fourth-order valence-electron chi connectivity index (χ4n) is 6.96. The molecule has 1 aliphatic carbocycles. The summed E-state index contributed by atoms with van der Waals surface area (Å²) in [7, 11) is 1.54. The molecule has 2 heterocycles. The number of piperidine rings is 1. The minimum absolute atomic E-state index is 0.0818. The van der Waals surface area contributed by atoms with Crippen LogP contribution >= 0.6 is 0 Å². The molecule has 2 N–H and O–H groups in total. The molecule has 8 nitrogen and oxygen atoms in total. The van der Waals surface area contributed by atoms with Gasteiger partial charge in [0.05, 0.1) is 18.8 Å². The Morgan fingerprint density at radius 3 is 2.28 bits per heavy atom. The number of hydrogen-bond donors (Lipinski definition) is 2. The number of anilines is 1. The van der Waals surface area contributed by atoms with Gasteiger partial charge in [-0.1, -0.05) is 27.7 Å². The number of amides is 1. The normalized spacial score (nSPS) is 24.7. The summed E-state index contributed by atoms with van der Waals surface area (Å²) >= 11 is 0. The van der Waals surface area contributed by atoms with Crippen molar-refractivity contribution in [2.24, 2.45) is 10.8 Å². The zero-order valence-electron chi connectivity index (χ0n) is 23.6. The zero-order chi connectivity index (χ0) is 27.9. The van der Waals surface area contributed by atoms with E-state index < -0.39 is 0 Å². The predicted octanol–water partition coefficient (Wildman–Crippen LogP) is 3.82. The third-order valence-corrected chi connectivity index (χ3v) is 9.03. The Balaban J connectivity index is 1.18. The molecule has 2 aromatic carbocycles. The number of ether oxygens (including phenoxy) is 2. The average Bonchev–Trinajstić information content (AvgIpc) is 2.90. The van der Waals surface area contributed by atoms with Gasteiger partial charge in [0.15, 0.2) is 0 Å². The second kappa shape index (κ2) is 10.4. The smallest absolute Gasteiger partial charge is 0.251 e. The quantitative estimate of drug-likeness (QED) is 0.559. The number of likely N-dealkylation sites (tertiary alicyclic amines) is 1. The van der Waals surface area contributed by atoms with Gasteiger partial charge in [-0.2, -0.15) is 5.26 Å². The average molecular weight is 533 g/mol. The van der Waals surface area contributed by atoms with Crippen molar-refractivity contribution in [2.75, 3.05) is 38.2 Å². The molecular weight excluding hydrogens is 492 g/mol. The van der Waals surface area contributed by atoms with Crippen LogP contribution in [0.3, 0.4) is 0 Å². The molecule has 1 saturated carbocycles. The SMILES string of the molecule is COc1cc(OC2C(C)(C)C(NC(=O)c3ccc(N4CC(N5CCC(O)CC5)C4)cc3)C2(C)C)ccc1C#N. The number of rotatable bonds is 7. The van der Waals surface area contributed by atoms with Crippen LogP contribution in [0, 0.1) is 22.2 Å². The molecule has 0 unspecified atom stereocenters. The zero-order valence-corrected chi connectivity index (χ0v) is 23.6. The van der Waals surface area contributed by atoms with Crippen molar-refractivity contribution in [3.8, 4) is 17.6 Å². The largest absolute Gasteiger partial charge is 0.495 e. The van der Waals surface area contributed by atoms with Gasteiger partial charge in [0.2, 0.25) is 0 Å². The molecule has 5 rings (SSSR count). The van der Waals surface area contributed by atoms with Crippen LogP contribution < -0.4 is 19.7 Å². The molecular formula is C31H40N4O4. The van der Waals surface area contributed by atoms with Gasteiger partial charge in [-0.3, -0.25) is 9.69 Å². The number of nitriles is 1. The summed E-state index contributed by atoms with van der Waals surface area (Å²) < 4.78 is 11.7. The minimum Gasteiger partial charge on any atom is -0.495 e. The van der Waals surface area contributed by atoms with Gasteiger partial charge < -0.3 is 24.8 Å². The fourth-order valence-corrected chi connectivity index (χ4v) is 6.96. The third kappa shape index (κ3) is 5.06. The van der Waals surface area contributed by atoms with Crippen molar-refractivity contribution in [2.45, 2.75) is 64.8 Å². The first kappa shape index (κ1) is 27.3. The highest BCUT2D eigenvalue weighted by molar-refractivity contribution is 5.95. The lowest BCUT2D eigenvalue weighted by Gasteiger charge is -2.63. The number of hydrogen-bond acceptors (Lipinski definition) is 7. The summed E-state index contributed by atoms with van der Waals surface area (Å²) in [6.45, 7) is 12.4. The van der Waals surface area contributed by atoms with Gasteiger partial charge >= 0.3 is 0 Å². The third-order valence-electron chi connectivity index (χ3n) is 9.03. The Labute approximate surface area is 231 Å². The molecule has 0 bridgehead atoms. The monoisotopic (exact) mass is 532 g/mol. The van der Waals surface area contributed by atoms with E-state index >= 15 is 0 Å². The van der Waals surface area contributed by atoms with Crippen molar-refractivity contribution in [3.63, 3.8) is 0 Å². The first-order chi connectivity index (χ1) is 18.5. The van der Waals surface area contributed by atoms with E-state index in [1.165, 1.54) is 7.11 Å². The second-order valence-electron chi connectivity index (χ2n) is 12.4. The van der Waals surface area contributed by atoms with Crippen molar-refractivity contribution in [3.05, 3.63) is 53.6 Å². The molecule has 2 saturated heterocycles. The first-order valence-corrected chi connectivity index (χ1v) is 13.9. The maximum Gasteiger partial charge on any atom is 0.251 e. The lowest BCUT2D eigenvalue weighted by Crippen LogP contribution is -2.74. The minimum atomic E-state index is -0.308. The van der Waals surface area contributed by atoms with Crippen LogP contribution in [0.15, 0.2) is 42.5 Å². The van der Waals surface area contributed by atoms with Gasteiger partial charge in [0.1, 0.15) is 23.7 Å². The standard InChI is InChI=1S/C31H40N4O4/c1-30(2)28(31(3,4)29(30)39-25-11-8-21(17-32)26(16-25)38-5)33-27(37)20-6-9-22(10-7-20)35-18-23(19-35)34-14-12-24(36)13-15-34/h6-11,16,23-24,28-29,36H,12-15,18-19H2,1-5H3,(H,33,37). The molecule has 39 heavy (non-hydrogen) atoms. The topological polar surface area (TPSA) is 98.1 Å². The summed E-state index contributed by atoms with van der Waals surface area (Å²) in [4.78, 5) is 18.1. The van der Waals surface area contributed by atoms with Gasteiger partial charge in [-0.05, 0) is 49.2 Å². The van der Waals surface area contributed by atoms with E-state index in [2.05, 4.69) is 48.9 Å². The number of carbonyl (C=O) groups excluding carboxylic acids is 1. The van der Waals surface area contributed by atoms with E-state index in [0.717, 1.165) is 44.7 Å².